The maximum absolute atomic E-state index is 12.4. The van der Waals surface area contributed by atoms with Gasteiger partial charge in [-0.2, -0.15) is 0 Å². The molecule has 2 rings (SSSR count). The van der Waals surface area contributed by atoms with Crippen molar-refractivity contribution in [2.24, 2.45) is 0 Å². The topological polar surface area (TPSA) is 72.2 Å². The molecule has 2 aromatic carbocycles. The van der Waals surface area contributed by atoms with Crippen LogP contribution in [0.15, 0.2) is 35.2 Å². The Bertz CT molecular complexity index is 787. The number of hydrogen-bond donors (Lipinski definition) is 2. The highest BCUT2D eigenvalue weighted by Crippen LogP contribution is 2.29. The highest BCUT2D eigenvalue weighted by Gasteiger charge is 2.18. The smallest absolute Gasteiger partial charge is 0.262 e. The van der Waals surface area contributed by atoms with Crippen molar-refractivity contribution in [2.75, 3.05) is 10.5 Å². The first kappa shape index (κ1) is 16.7. The molecular formula is C13H11Cl2IN2O2S. The summed E-state index contributed by atoms with van der Waals surface area (Å²) >= 11 is 13.8. The molecule has 2 aromatic rings. The van der Waals surface area contributed by atoms with Gasteiger partial charge in [-0.3, -0.25) is 4.72 Å². The zero-order valence-electron chi connectivity index (χ0n) is 10.8. The van der Waals surface area contributed by atoms with Crippen LogP contribution in [0.5, 0.6) is 0 Å². The Morgan fingerprint density at radius 1 is 1.19 bits per heavy atom. The minimum absolute atomic E-state index is 0.0626. The maximum Gasteiger partial charge on any atom is 0.262 e. The number of rotatable bonds is 3. The Morgan fingerprint density at radius 3 is 2.43 bits per heavy atom. The third kappa shape index (κ3) is 3.74. The lowest BCUT2D eigenvalue weighted by Crippen LogP contribution is -2.14. The summed E-state index contributed by atoms with van der Waals surface area (Å²) in [5.74, 6) is 0. The molecule has 112 valence electrons. The molecule has 0 spiro atoms. The van der Waals surface area contributed by atoms with Crippen LogP contribution in [0.1, 0.15) is 5.56 Å². The quantitative estimate of drug-likeness (QED) is 0.534. The zero-order chi connectivity index (χ0) is 15.8. The fourth-order valence-corrected chi connectivity index (χ4v) is 4.19. The van der Waals surface area contributed by atoms with Gasteiger partial charge in [-0.05, 0) is 65.4 Å². The molecule has 0 amide bonds. The van der Waals surface area contributed by atoms with Crippen LogP contribution in [0, 0.1) is 10.5 Å². The van der Waals surface area contributed by atoms with Gasteiger partial charge in [0, 0.05) is 8.59 Å². The van der Waals surface area contributed by atoms with E-state index in [9.17, 15) is 8.42 Å². The van der Waals surface area contributed by atoms with Gasteiger partial charge in [0.25, 0.3) is 10.0 Å². The summed E-state index contributed by atoms with van der Waals surface area (Å²) < 4.78 is 28.0. The molecule has 0 heterocycles. The number of halogens is 3. The predicted octanol–water partition coefficient (Wildman–Crippen LogP) is 4.29. The lowest BCUT2D eigenvalue weighted by atomic mass is 10.2. The summed E-state index contributed by atoms with van der Waals surface area (Å²) in [6.45, 7) is 1.70. The first-order valence-corrected chi connectivity index (χ1v) is 9.06. The van der Waals surface area contributed by atoms with Crippen LogP contribution < -0.4 is 10.5 Å². The van der Waals surface area contributed by atoms with Gasteiger partial charge in [0.15, 0.2) is 0 Å². The van der Waals surface area contributed by atoms with E-state index in [0.29, 0.717) is 24.9 Å². The first-order valence-electron chi connectivity index (χ1n) is 5.74. The summed E-state index contributed by atoms with van der Waals surface area (Å²) in [6.07, 6.45) is 0. The van der Waals surface area contributed by atoms with Crippen LogP contribution >= 0.6 is 45.8 Å². The van der Waals surface area contributed by atoms with E-state index in [2.05, 4.69) is 4.72 Å². The van der Waals surface area contributed by atoms with Gasteiger partial charge in [0.1, 0.15) is 0 Å². The number of aryl methyl sites for hydroxylation is 1. The van der Waals surface area contributed by atoms with Crippen LogP contribution in [-0.4, -0.2) is 8.42 Å². The minimum atomic E-state index is -3.75. The molecule has 0 atom stereocenters. The van der Waals surface area contributed by atoms with Gasteiger partial charge in [0.05, 0.1) is 21.3 Å². The highest BCUT2D eigenvalue weighted by molar-refractivity contribution is 14.1. The van der Waals surface area contributed by atoms with Crippen molar-refractivity contribution in [3.8, 4) is 0 Å². The normalized spacial score (nSPS) is 11.4. The molecule has 0 bridgehead atoms. The summed E-state index contributed by atoms with van der Waals surface area (Å²) in [5.41, 5.74) is 6.99. The summed E-state index contributed by atoms with van der Waals surface area (Å²) in [7, 11) is -3.75. The van der Waals surface area contributed by atoms with E-state index >= 15 is 0 Å². The molecule has 3 N–H and O–H groups in total. The second kappa shape index (κ2) is 6.20. The van der Waals surface area contributed by atoms with Gasteiger partial charge in [-0.1, -0.05) is 23.2 Å². The molecule has 0 aliphatic rings. The van der Waals surface area contributed by atoms with E-state index in [1.54, 1.807) is 25.1 Å². The minimum Gasteiger partial charge on any atom is -0.397 e. The van der Waals surface area contributed by atoms with E-state index in [4.69, 9.17) is 28.9 Å². The van der Waals surface area contributed by atoms with E-state index < -0.39 is 10.0 Å². The van der Waals surface area contributed by atoms with Crippen LogP contribution in [0.4, 0.5) is 11.4 Å². The number of hydrogen-bond acceptors (Lipinski definition) is 3. The second-order valence-corrected chi connectivity index (χ2v) is 8.03. The zero-order valence-corrected chi connectivity index (χ0v) is 15.3. The summed E-state index contributed by atoms with van der Waals surface area (Å²) in [4.78, 5) is 0.0626. The largest absolute Gasteiger partial charge is 0.397 e. The Hall–Kier alpha value is -0.700. The number of nitrogens with two attached hydrogens (primary N) is 1. The van der Waals surface area contributed by atoms with Gasteiger partial charge >= 0.3 is 0 Å². The molecule has 0 unspecified atom stereocenters. The molecule has 21 heavy (non-hydrogen) atoms. The third-order valence-corrected chi connectivity index (χ3v) is 5.73. The SMILES string of the molecule is Cc1cc(S(=O)(=O)Nc2ccc(Cl)cc2I)cc(N)c1Cl. The number of nitrogen functional groups attached to an aromatic ring is 1. The molecule has 0 aliphatic heterocycles. The fraction of sp³-hybridized carbons (Fsp3) is 0.0769. The van der Waals surface area contributed by atoms with E-state index in [1.807, 2.05) is 22.6 Å². The van der Waals surface area contributed by atoms with Crippen molar-refractivity contribution in [3.63, 3.8) is 0 Å². The lowest BCUT2D eigenvalue weighted by molar-refractivity contribution is 0.601. The predicted molar refractivity (Wildman–Crippen MR) is 95.6 cm³/mol. The van der Waals surface area contributed by atoms with Gasteiger partial charge in [-0.25, -0.2) is 8.42 Å². The number of anilines is 2. The number of sulfonamides is 1. The number of benzene rings is 2. The van der Waals surface area contributed by atoms with Crippen molar-refractivity contribution in [1.29, 1.82) is 0 Å². The summed E-state index contributed by atoms with van der Waals surface area (Å²) in [5, 5.41) is 0.893. The molecule has 0 aliphatic carbocycles. The van der Waals surface area contributed by atoms with E-state index in [1.165, 1.54) is 12.1 Å². The molecule has 8 heteroatoms. The maximum atomic E-state index is 12.4. The van der Waals surface area contributed by atoms with Crippen LogP contribution in [0.2, 0.25) is 10.0 Å². The molecule has 0 saturated carbocycles. The molecule has 4 nitrogen and oxygen atoms in total. The van der Waals surface area contributed by atoms with E-state index in [-0.39, 0.29) is 10.6 Å². The van der Waals surface area contributed by atoms with Crippen LogP contribution in [-0.2, 0) is 10.0 Å². The van der Waals surface area contributed by atoms with Gasteiger partial charge < -0.3 is 5.73 Å². The van der Waals surface area contributed by atoms with Crippen molar-refractivity contribution in [2.45, 2.75) is 11.8 Å². The van der Waals surface area contributed by atoms with Crippen molar-refractivity contribution >= 4 is 67.2 Å². The fourth-order valence-electron chi connectivity index (χ4n) is 1.69. The third-order valence-electron chi connectivity index (χ3n) is 2.74. The Kier molecular flexibility index (Phi) is 4.92. The second-order valence-electron chi connectivity index (χ2n) is 4.37. The van der Waals surface area contributed by atoms with Crippen molar-refractivity contribution in [1.82, 2.24) is 0 Å². The van der Waals surface area contributed by atoms with Crippen molar-refractivity contribution in [3.05, 3.63) is 49.5 Å². The Labute approximate surface area is 146 Å². The monoisotopic (exact) mass is 456 g/mol. The van der Waals surface area contributed by atoms with E-state index in [0.717, 1.165) is 0 Å². The number of nitrogens with one attached hydrogen (secondary N) is 1. The Morgan fingerprint density at radius 2 is 1.86 bits per heavy atom. The molecular weight excluding hydrogens is 446 g/mol. The average Bonchev–Trinajstić information content (AvgIpc) is 2.38. The van der Waals surface area contributed by atoms with Gasteiger partial charge in [-0.15, -0.1) is 0 Å². The lowest BCUT2D eigenvalue weighted by Gasteiger charge is -2.12. The van der Waals surface area contributed by atoms with Crippen LogP contribution in [0.25, 0.3) is 0 Å². The standard InChI is InChI=1S/C13H11Cl2IN2O2S/c1-7-4-9(6-11(17)13(7)15)21(19,20)18-12-3-2-8(14)5-10(12)16/h2-6,18H,17H2,1H3. The molecule has 0 aromatic heterocycles. The first-order chi connectivity index (χ1) is 9.70. The highest BCUT2D eigenvalue weighted by atomic mass is 127. The van der Waals surface area contributed by atoms with Crippen molar-refractivity contribution < 1.29 is 8.42 Å². The molecule has 0 fully saturated rings. The Balaban J connectivity index is 2.43. The van der Waals surface area contributed by atoms with Gasteiger partial charge in [0.2, 0.25) is 0 Å². The molecule has 0 radical (unpaired) electrons. The average molecular weight is 457 g/mol. The summed E-state index contributed by atoms with van der Waals surface area (Å²) in [6, 6.07) is 7.70. The molecule has 0 saturated heterocycles. The van der Waals surface area contributed by atoms with Crippen LogP contribution in [0.3, 0.4) is 0 Å².